The number of hydrazine groups is 1. The van der Waals surface area contributed by atoms with E-state index in [0.29, 0.717) is 5.56 Å². The molecule has 2 aromatic rings. The minimum Gasteiger partial charge on any atom is -0.385 e. The Labute approximate surface area is 129 Å². The van der Waals surface area contributed by atoms with Gasteiger partial charge in [0.25, 0.3) is 0 Å². The quantitative estimate of drug-likeness (QED) is 0.744. The molecule has 0 aliphatic rings. The number of rotatable bonds is 5. The Morgan fingerprint density at radius 1 is 1.23 bits per heavy atom. The summed E-state index contributed by atoms with van der Waals surface area (Å²) in [6.45, 7) is 3.39. The molecule has 0 aliphatic carbocycles. The van der Waals surface area contributed by atoms with Gasteiger partial charge in [-0.05, 0) is 37.1 Å². The molecule has 0 aromatic heterocycles. The third kappa shape index (κ3) is 4.05. The Morgan fingerprint density at radius 2 is 1.91 bits per heavy atom. The molecule has 0 saturated heterocycles. The van der Waals surface area contributed by atoms with E-state index in [0.717, 1.165) is 5.56 Å². The number of nitrogens with one attached hydrogen (secondary N) is 2. The van der Waals surface area contributed by atoms with Crippen LogP contribution in [-0.4, -0.2) is 11.0 Å². The van der Waals surface area contributed by atoms with Gasteiger partial charge in [0.15, 0.2) is 0 Å². The summed E-state index contributed by atoms with van der Waals surface area (Å²) in [5.74, 6) is -0.893. The van der Waals surface area contributed by atoms with Crippen molar-refractivity contribution in [3.8, 4) is 0 Å². The Morgan fingerprint density at radius 3 is 2.59 bits per heavy atom. The fourth-order valence-corrected chi connectivity index (χ4v) is 2.13. The van der Waals surface area contributed by atoms with E-state index in [1.54, 1.807) is 43.3 Å². The van der Waals surface area contributed by atoms with Crippen molar-refractivity contribution in [1.29, 1.82) is 0 Å². The van der Waals surface area contributed by atoms with Gasteiger partial charge in [0.1, 0.15) is 5.82 Å². The van der Waals surface area contributed by atoms with Gasteiger partial charge in [0.2, 0.25) is 5.91 Å². The topological polar surface area (TPSA) is 61.4 Å². The Balaban J connectivity index is 1.97. The van der Waals surface area contributed by atoms with Gasteiger partial charge in [-0.15, -0.1) is 0 Å². The summed E-state index contributed by atoms with van der Waals surface area (Å²) in [4.78, 5) is 11.9. The van der Waals surface area contributed by atoms with Crippen molar-refractivity contribution in [1.82, 2.24) is 5.43 Å². The van der Waals surface area contributed by atoms with Gasteiger partial charge in [0.05, 0.1) is 17.7 Å². The van der Waals surface area contributed by atoms with Crippen LogP contribution < -0.4 is 10.9 Å². The Bertz CT molecular complexity index is 657. The van der Waals surface area contributed by atoms with Crippen LogP contribution in [-0.2, 0) is 10.4 Å². The van der Waals surface area contributed by atoms with E-state index in [4.69, 9.17) is 0 Å². The van der Waals surface area contributed by atoms with Gasteiger partial charge >= 0.3 is 0 Å². The second-order valence-electron chi connectivity index (χ2n) is 5.47. The third-order valence-corrected chi connectivity index (χ3v) is 3.36. The zero-order valence-corrected chi connectivity index (χ0v) is 12.6. The van der Waals surface area contributed by atoms with E-state index < -0.39 is 17.3 Å². The monoisotopic (exact) mass is 302 g/mol. The van der Waals surface area contributed by atoms with E-state index in [9.17, 15) is 14.3 Å². The van der Waals surface area contributed by atoms with E-state index in [1.165, 1.54) is 6.07 Å². The highest BCUT2D eigenvalue weighted by molar-refractivity contribution is 5.78. The summed E-state index contributed by atoms with van der Waals surface area (Å²) in [6.07, 6.45) is -0.141. The van der Waals surface area contributed by atoms with Crippen LogP contribution in [0.3, 0.4) is 0 Å². The number of hydrogen-bond acceptors (Lipinski definition) is 3. The summed E-state index contributed by atoms with van der Waals surface area (Å²) in [5, 5.41) is 10.4. The third-order valence-electron chi connectivity index (χ3n) is 3.36. The van der Waals surface area contributed by atoms with Crippen LogP contribution in [0.15, 0.2) is 48.5 Å². The molecule has 2 rings (SSSR count). The maximum absolute atomic E-state index is 13.6. The average molecular weight is 302 g/mol. The molecule has 1 unspecified atom stereocenters. The molecule has 0 aliphatic heterocycles. The van der Waals surface area contributed by atoms with E-state index in [1.807, 2.05) is 13.0 Å². The maximum atomic E-state index is 13.6. The molecular weight excluding hydrogens is 283 g/mol. The van der Waals surface area contributed by atoms with Gasteiger partial charge < -0.3 is 5.11 Å². The van der Waals surface area contributed by atoms with Gasteiger partial charge in [-0.25, -0.2) is 4.39 Å². The van der Waals surface area contributed by atoms with E-state index in [-0.39, 0.29) is 12.1 Å². The van der Waals surface area contributed by atoms with Crippen molar-refractivity contribution in [2.24, 2.45) is 0 Å². The molecule has 3 N–H and O–H groups in total. The largest absolute Gasteiger partial charge is 0.385 e. The molecular formula is C17H19FN2O2. The van der Waals surface area contributed by atoms with Crippen molar-refractivity contribution in [2.45, 2.75) is 25.9 Å². The molecule has 1 atom stereocenters. The van der Waals surface area contributed by atoms with E-state index in [2.05, 4.69) is 10.9 Å². The van der Waals surface area contributed by atoms with Crippen LogP contribution in [0, 0.1) is 12.7 Å². The van der Waals surface area contributed by atoms with Gasteiger partial charge in [-0.2, -0.15) is 0 Å². The molecule has 4 nitrogen and oxygen atoms in total. The molecule has 116 valence electrons. The molecule has 2 aromatic carbocycles. The Hall–Kier alpha value is -2.40. The SMILES string of the molecule is Cc1ccc(F)c(NNC(=O)CC(C)(O)c2ccccc2)c1. The highest BCUT2D eigenvalue weighted by Gasteiger charge is 2.26. The number of carbonyl (C=O) groups excluding carboxylic acids is 1. The van der Waals surface area contributed by atoms with E-state index >= 15 is 0 Å². The number of anilines is 1. The minimum absolute atomic E-state index is 0.141. The van der Waals surface area contributed by atoms with Crippen LogP contribution in [0.1, 0.15) is 24.5 Å². The average Bonchev–Trinajstić information content (AvgIpc) is 2.49. The Kier molecular flexibility index (Phi) is 4.78. The minimum atomic E-state index is -1.29. The lowest BCUT2D eigenvalue weighted by atomic mass is 9.92. The van der Waals surface area contributed by atoms with Crippen molar-refractivity contribution >= 4 is 11.6 Å². The normalized spacial score (nSPS) is 13.3. The fourth-order valence-electron chi connectivity index (χ4n) is 2.13. The first kappa shape index (κ1) is 16.0. The highest BCUT2D eigenvalue weighted by Crippen LogP contribution is 2.24. The van der Waals surface area contributed by atoms with Crippen LogP contribution in [0.5, 0.6) is 0 Å². The first-order valence-electron chi connectivity index (χ1n) is 6.97. The first-order valence-corrected chi connectivity index (χ1v) is 6.97. The van der Waals surface area contributed by atoms with Gasteiger partial charge in [-0.1, -0.05) is 36.4 Å². The molecule has 5 heteroatoms. The molecule has 0 saturated carbocycles. The van der Waals surface area contributed by atoms with Crippen LogP contribution >= 0.6 is 0 Å². The lowest BCUT2D eigenvalue weighted by molar-refractivity contribution is -0.125. The van der Waals surface area contributed by atoms with Crippen molar-refractivity contribution in [2.75, 3.05) is 5.43 Å². The predicted octanol–water partition coefficient (Wildman–Crippen LogP) is 2.88. The van der Waals surface area contributed by atoms with Crippen LogP contribution in [0.4, 0.5) is 10.1 Å². The van der Waals surface area contributed by atoms with Crippen LogP contribution in [0.25, 0.3) is 0 Å². The van der Waals surface area contributed by atoms with Crippen molar-refractivity contribution < 1.29 is 14.3 Å². The highest BCUT2D eigenvalue weighted by atomic mass is 19.1. The smallest absolute Gasteiger partial charge is 0.241 e. The number of halogens is 1. The second-order valence-corrected chi connectivity index (χ2v) is 5.47. The fraction of sp³-hybridized carbons (Fsp3) is 0.235. The maximum Gasteiger partial charge on any atom is 0.241 e. The van der Waals surface area contributed by atoms with Gasteiger partial charge in [0, 0.05) is 0 Å². The standard InChI is InChI=1S/C17H19FN2O2/c1-12-8-9-14(18)15(10-12)19-20-16(21)11-17(2,22)13-6-4-3-5-7-13/h3-10,19,22H,11H2,1-2H3,(H,20,21). The number of amides is 1. The summed E-state index contributed by atoms with van der Waals surface area (Å²) in [6, 6.07) is 13.5. The number of carbonyl (C=O) groups is 1. The molecule has 1 amide bonds. The zero-order chi connectivity index (χ0) is 16.2. The number of aliphatic hydroxyl groups is 1. The molecule has 0 radical (unpaired) electrons. The zero-order valence-electron chi connectivity index (χ0n) is 12.6. The predicted molar refractivity (Wildman–Crippen MR) is 83.5 cm³/mol. The number of hydrogen-bond donors (Lipinski definition) is 3. The second kappa shape index (κ2) is 6.58. The lowest BCUT2D eigenvalue weighted by Gasteiger charge is -2.23. The summed E-state index contributed by atoms with van der Waals surface area (Å²) in [5.41, 5.74) is 5.36. The van der Waals surface area contributed by atoms with Crippen LogP contribution in [0.2, 0.25) is 0 Å². The summed E-state index contributed by atoms with van der Waals surface area (Å²) >= 11 is 0. The number of benzene rings is 2. The van der Waals surface area contributed by atoms with Crippen molar-refractivity contribution in [3.63, 3.8) is 0 Å². The lowest BCUT2D eigenvalue weighted by Crippen LogP contribution is -2.36. The van der Waals surface area contributed by atoms with Crippen molar-refractivity contribution in [3.05, 3.63) is 65.5 Å². The van der Waals surface area contributed by atoms with Gasteiger partial charge in [-0.3, -0.25) is 15.6 Å². The number of aryl methyl sites for hydroxylation is 1. The summed E-state index contributed by atoms with van der Waals surface area (Å²) < 4.78 is 13.6. The molecule has 0 spiro atoms. The molecule has 0 bridgehead atoms. The molecule has 22 heavy (non-hydrogen) atoms. The summed E-state index contributed by atoms with van der Waals surface area (Å²) in [7, 11) is 0. The first-order chi connectivity index (χ1) is 10.4. The molecule has 0 heterocycles. The molecule has 0 fully saturated rings.